The Balaban J connectivity index is 2.77. The summed E-state index contributed by atoms with van der Waals surface area (Å²) in [5.74, 6) is 0. The molecule has 0 fully saturated rings. The van der Waals surface area contributed by atoms with Gasteiger partial charge in [-0.15, -0.1) is 0 Å². The van der Waals surface area contributed by atoms with E-state index in [1.54, 1.807) is 0 Å². The normalized spacial score (nSPS) is 9.75. The first-order chi connectivity index (χ1) is 5.91. The Labute approximate surface area is 74.9 Å². The zero-order valence-corrected chi connectivity index (χ0v) is 7.94. The highest BCUT2D eigenvalue weighted by molar-refractivity contribution is 5.45. The van der Waals surface area contributed by atoms with Crippen molar-refractivity contribution in [1.82, 2.24) is 10.6 Å². The molecule has 0 aromatic heterocycles. The zero-order valence-electron chi connectivity index (χ0n) is 7.94. The Hall–Kier alpha value is -0.570. The van der Waals surface area contributed by atoms with Crippen LogP contribution in [-0.4, -0.2) is 26.5 Å². The van der Waals surface area contributed by atoms with Crippen molar-refractivity contribution in [3.63, 3.8) is 0 Å². The second-order valence-electron chi connectivity index (χ2n) is 2.94. The van der Waals surface area contributed by atoms with Crippen LogP contribution in [0.3, 0.4) is 0 Å². The number of hydrogen-bond donors (Lipinski definition) is 2. The first-order valence-electron chi connectivity index (χ1n) is 4.73. The van der Waals surface area contributed by atoms with Crippen molar-refractivity contribution in [2.45, 2.75) is 32.1 Å². The van der Waals surface area contributed by atoms with Crippen molar-refractivity contribution in [2.75, 3.05) is 20.1 Å². The van der Waals surface area contributed by atoms with E-state index in [2.05, 4.69) is 10.6 Å². The van der Waals surface area contributed by atoms with E-state index in [0.717, 1.165) is 25.9 Å². The van der Waals surface area contributed by atoms with Gasteiger partial charge in [0.05, 0.1) is 0 Å². The number of rotatable bonds is 9. The summed E-state index contributed by atoms with van der Waals surface area (Å²) in [5, 5.41) is 5.78. The first kappa shape index (κ1) is 11.4. The Morgan fingerprint density at radius 3 is 2.17 bits per heavy atom. The van der Waals surface area contributed by atoms with Gasteiger partial charge in [-0.05, 0) is 26.4 Å². The number of unbranched alkanes of at least 4 members (excludes halogenated alkanes) is 4. The maximum Gasteiger partial charge on any atom is 0.207 e. The molecule has 0 aliphatic heterocycles. The highest BCUT2D eigenvalue weighted by atomic mass is 16.1. The SMILES string of the molecule is CNCCCCCCCNC=O. The van der Waals surface area contributed by atoms with Gasteiger partial charge in [0.25, 0.3) is 0 Å². The van der Waals surface area contributed by atoms with Crippen molar-refractivity contribution < 1.29 is 4.79 Å². The molecule has 0 radical (unpaired) electrons. The largest absolute Gasteiger partial charge is 0.359 e. The summed E-state index contributed by atoms with van der Waals surface area (Å²) in [6.07, 6.45) is 6.94. The van der Waals surface area contributed by atoms with Gasteiger partial charge in [0, 0.05) is 6.54 Å². The van der Waals surface area contributed by atoms with Gasteiger partial charge in [-0.3, -0.25) is 4.79 Å². The smallest absolute Gasteiger partial charge is 0.207 e. The van der Waals surface area contributed by atoms with Crippen molar-refractivity contribution >= 4 is 6.41 Å². The second-order valence-corrected chi connectivity index (χ2v) is 2.94. The third-order valence-corrected chi connectivity index (χ3v) is 1.83. The van der Waals surface area contributed by atoms with E-state index < -0.39 is 0 Å². The minimum Gasteiger partial charge on any atom is -0.359 e. The molecule has 0 aromatic rings. The number of nitrogens with one attached hydrogen (secondary N) is 2. The molecule has 3 heteroatoms. The van der Waals surface area contributed by atoms with Crippen LogP contribution in [0.1, 0.15) is 32.1 Å². The van der Waals surface area contributed by atoms with Crippen molar-refractivity contribution in [3.05, 3.63) is 0 Å². The summed E-state index contributed by atoms with van der Waals surface area (Å²) in [5.41, 5.74) is 0. The summed E-state index contributed by atoms with van der Waals surface area (Å²) in [4.78, 5) is 9.86. The predicted molar refractivity (Wildman–Crippen MR) is 51.1 cm³/mol. The molecule has 0 spiro atoms. The molecular weight excluding hydrogens is 152 g/mol. The highest BCUT2D eigenvalue weighted by Crippen LogP contribution is 2.00. The maximum absolute atomic E-state index is 9.86. The molecule has 0 saturated carbocycles. The van der Waals surface area contributed by atoms with Crippen LogP contribution in [0.25, 0.3) is 0 Å². The zero-order chi connectivity index (χ0) is 9.07. The fourth-order valence-electron chi connectivity index (χ4n) is 1.12. The van der Waals surface area contributed by atoms with Crippen LogP contribution >= 0.6 is 0 Å². The van der Waals surface area contributed by atoms with Crippen LogP contribution in [-0.2, 0) is 4.79 Å². The second kappa shape index (κ2) is 10.4. The third kappa shape index (κ3) is 9.43. The van der Waals surface area contributed by atoms with Crippen LogP contribution in [0.4, 0.5) is 0 Å². The van der Waals surface area contributed by atoms with Crippen molar-refractivity contribution in [3.8, 4) is 0 Å². The topological polar surface area (TPSA) is 41.1 Å². The van der Waals surface area contributed by atoms with Crippen LogP contribution in [0.2, 0.25) is 0 Å². The first-order valence-corrected chi connectivity index (χ1v) is 4.73. The van der Waals surface area contributed by atoms with Gasteiger partial charge < -0.3 is 10.6 Å². The third-order valence-electron chi connectivity index (χ3n) is 1.83. The average Bonchev–Trinajstić information content (AvgIpc) is 2.10. The van der Waals surface area contributed by atoms with E-state index in [0.29, 0.717) is 0 Å². The monoisotopic (exact) mass is 172 g/mol. The Bertz CT molecular complexity index is 96.5. The van der Waals surface area contributed by atoms with Crippen LogP contribution < -0.4 is 10.6 Å². The Morgan fingerprint density at radius 1 is 1.00 bits per heavy atom. The van der Waals surface area contributed by atoms with Crippen molar-refractivity contribution in [1.29, 1.82) is 0 Å². The lowest BCUT2D eigenvalue weighted by Crippen LogP contribution is -2.11. The summed E-state index contributed by atoms with van der Waals surface area (Å²) in [6.45, 7) is 1.95. The molecule has 1 amide bonds. The maximum atomic E-state index is 9.86. The molecule has 0 heterocycles. The molecule has 0 aliphatic rings. The quantitative estimate of drug-likeness (QED) is 0.401. The lowest BCUT2D eigenvalue weighted by Gasteiger charge is -2.00. The fraction of sp³-hybridized carbons (Fsp3) is 0.889. The molecule has 12 heavy (non-hydrogen) atoms. The van der Waals surface area contributed by atoms with Gasteiger partial charge in [0.1, 0.15) is 0 Å². The molecule has 0 bridgehead atoms. The molecule has 0 aromatic carbocycles. The van der Waals surface area contributed by atoms with Gasteiger partial charge in [0.2, 0.25) is 6.41 Å². The van der Waals surface area contributed by atoms with Gasteiger partial charge >= 0.3 is 0 Å². The summed E-state index contributed by atoms with van der Waals surface area (Å²) >= 11 is 0. The van der Waals surface area contributed by atoms with Gasteiger partial charge in [-0.2, -0.15) is 0 Å². The van der Waals surface area contributed by atoms with Gasteiger partial charge in [-0.1, -0.05) is 19.3 Å². The lowest BCUT2D eigenvalue weighted by atomic mass is 10.1. The molecule has 0 atom stereocenters. The molecule has 2 N–H and O–H groups in total. The number of carbonyl (C=O) groups excluding carboxylic acids is 1. The van der Waals surface area contributed by atoms with Crippen LogP contribution in [0.5, 0.6) is 0 Å². The summed E-state index contributed by atoms with van der Waals surface area (Å²) in [6, 6.07) is 0. The number of carbonyl (C=O) groups is 1. The van der Waals surface area contributed by atoms with E-state index in [1.165, 1.54) is 25.7 Å². The summed E-state index contributed by atoms with van der Waals surface area (Å²) in [7, 11) is 1.98. The van der Waals surface area contributed by atoms with E-state index in [4.69, 9.17) is 0 Å². The minimum absolute atomic E-state index is 0.765. The van der Waals surface area contributed by atoms with E-state index in [9.17, 15) is 4.79 Å². The van der Waals surface area contributed by atoms with E-state index in [1.807, 2.05) is 7.05 Å². The lowest BCUT2D eigenvalue weighted by molar-refractivity contribution is -0.109. The van der Waals surface area contributed by atoms with E-state index in [-0.39, 0.29) is 0 Å². The minimum atomic E-state index is 0.765. The van der Waals surface area contributed by atoms with E-state index >= 15 is 0 Å². The summed E-state index contributed by atoms with van der Waals surface area (Å²) < 4.78 is 0. The molecule has 3 nitrogen and oxygen atoms in total. The molecular formula is C9H20N2O. The number of amides is 1. The van der Waals surface area contributed by atoms with Crippen molar-refractivity contribution in [2.24, 2.45) is 0 Å². The fourth-order valence-corrected chi connectivity index (χ4v) is 1.12. The predicted octanol–water partition coefficient (Wildman–Crippen LogP) is 0.902. The molecule has 0 rings (SSSR count). The molecule has 0 aliphatic carbocycles. The average molecular weight is 172 g/mol. The number of hydrogen-bond acceptors (Lipinski definition) is 2. The Kier molecular flexibility index (Phi) is 9.93. The van der Waals surface area contributed by atoms with Gasteiger partial charge in [-0.25, -0.2) is 0 Å². The molecule has 0 saturated heterocycles. The Morgan fingerprint density at radius 2 is 1.58 bits per heavy atom. The van der Waals surface area contributed by atoms with Crippen LogP contribution in [0.15, 0.2) is 0 Å². The highest BCUT2D eigenvalue weighted by Gasteiger charge is 1.89. The standard InChI is InChI=1S/C9H20N2O/c1-10-7-5-3-2-4-6-8-11-9-12/h9-10H,2-8H2,1H3,(H,11,12). The van der Waals surface area contributed by atoms with Gasteiger partial charge in [0.15, 0.2) is 0 Å². The molecule has 0 unspecified atom stereocenters. The van der Waals surface area contributed by atoms with Crippen LogP contribution in [0, 0.1) is 0 Å². The molecule has 72 valence electrons.